The summed E-state index contributed by atoms with van der Waals surface area (Å²) >= 11 is 8.77. The highest BCUT2D eigenvalue weighted by Gasteiger charge is 2.04. The Morgan fingerprint density at radius 1 is 0.867 bits per heavy atom. The quantitative estimate of drug-likeness (QED) is 0.675. The molecule has 0 spiro atoms. The Labute approximate surface area is 101 Å². The number of rotatable bonds is 1. The van der Waals surface area contributed by atoms with E-state index in [2.05, 4.69) is 50.4 Å². The Bertz CT molecular complexity index is 490. The van der Waals surface area contributed by atoms with Crippen LogP contribution >= 0.6 is 25.3 Å². The number of aryl methyl sites for hydroxylation is 1. The van der Waals surface area contributed by atoms with Crippen LogP contribution in [0.15, 0.2) is 52.3 Å². The maximum atomic E-state index is 4.48. The number of hydrogen-bond acceptors (Lipinski definition) is 2. The van der Waals surface area contributed by atoms with Crippen LogP contribution in [-0.4, -0.2) is 0 Å². The fraction of sp³-hybridized carbons (Fsp3) is 0.0769. The third-order valence-electron chi connectivity index (χ3n) is 2.42. The summed E-state index contributed by atoms with van der Waals surface area (Å²) in [6.07, 6.45) is 0. The molecule has 0 saturated heterocycles. The Morgan fingerprint density at radius 2 is 1.60 bits per heavy atom. The van der Waals surface area contributed by atoms with Crippen molar-refractivity contribution in [3.8, 4) is 11.1 Å². The van der Waals surface area contributed by atoms with Crippen LogP contribution in [0.3, 0.4) is 0 Å². The van der Waals surface area contributed by atoms with Crippen molar-refractivity contribution >= 4 is 25.3 Å². The van der Waals surface area contributed by atoms with Gasteiger partial charge in [-0.05, 0) is 35.7 Å². The average molecular weight is 232 g/mol. The lowest BCUT2D eigenvalue weighted by Crippen LogP contribution is -1.84. The van der Waals surface area contributed by atoms with Gasteiger partial charge in [-0.2, -0.15) is 0 Å². The van der Waals surface area contributed by atoms with E-state index in [4.69, 9.17) is 0 Å². The first-order valence-electron chi connectivity index (χ1n) is 4.76. The minimum Gasteiger partial charge on any atom is -0.143 e. The van der Waals surface area contributed by atoms with Crippen LogP contribution in [0.4, 0.5) is 0 Å². The second kappa shape index (κ2) is 4.33. The molecule has 0 aromatic heterocycles. The van der Waals surface area contributed by atoms with Gasteiger partial charge in [0.1, 0.15) is 0 Å². The van der Waals surface area contributed by atoms with Gasteiger partial charge in [0.25, 0.3) is 0 Å². The Balaban J connectivity index is 2.60. The van der Waals surface area contributed by atoms with E-state index in [1.807, 2.05) is 24.3 Å². The van der Waals surface area contributed by atoms with Crippen molar-refractivity contribution in [1.29, 1.82) is 0 Å². The molecule has 0 heterocycles. The zero-order valence-corrected chi connectivity index (χ0v) is 10.2. The number of hydrogen-bond donors (Lipinski definition) is 2. The van der Waals surface area contributed by atoms with E-state index in [1.54, 1.807) is 0 Å². The highest BCUT2D eigenvalue weighted by atomic mass is 32.1. The smallest absolute Gasteiger partial charge is 0.0130 e. The summed E-state index contributed by atoms with van der Waals surface area (Å²) in [4.78, 5) is 1.91. The van der Waals surface area contributed by atoms with Crippen LogP contribution in [0.5, 0.6) is 0 Å². The molecular formula is C13H12S2. The lowest BCUT2D eigenvalue weighted by Gasteiger charge is -2.08. The lowest BCUT2D eigenvalue weighted by atomic mass is 10.0. The molecule has 0 unspecified atom stereocenters. The van der Waals surface area contributed by atoms with Gasteiger partial charge in [0.2, 0.25) is 0 Å². The molecule has 2 aromatic rings. The van der Waals surface area contributed by atoms with Gasteiger partial charge in [0.05, 0.1) is 0 Å². The van der Waals surface area contributed by atoms with Crippen LogP contribution in [-0.2, 0) is 0 Å². The zero-order chi connectivity index (χ0) is 10.8. The fourth-order valence-electron chi connectivity index (χ4n) is 1.62. The van der Waals surface area contributed by atoms with E-state index in [9.17, 15) is 0 Å². The summed E-state index contributed by atoms with van der Waals surface area (Å²) in [6.45, 7) is 2.11. The molecule has 0 aliphatic heterocycles. The van der Waals surface area contributed by atoms with Gasteiger partial charge in [0, 0.05) is 9.79 Å². The van der Waals surface area contributed by atoms with Gasteiger partial charge in [0.15, 0.2) is 0 Å². The van der Waals surface area contributed by atoms with Crippen molar-refractivity contribution in [1.82, 2.24) is 0 Å². The Kier molecular flexibility index (Phi) is 3.08. The van der Waals surface area contributed by atoms with Crippen molar-refractivity contribution in [3.63, 3.8) is 0 Å². The molecule has 0 aliphatic carbocycles. The average Bonchev–Trinajstić information content (AvgIpc) is 2.20. The molecule has 15 heavy (non-hydrogen) atoms. The molecule has 0 nitrogen and oxygen atoms in total. The van der Waals surface area contributed by atoms with Gasteiger partial charge >= 0.3 is 0 Å². The highest BCUT2D eigenvalue weighted by molar-refractivity contribution is 7.81. The highest BCUT2D eigenvalue weighted by Crippen LogP contribution is 2.30. The van der Waals surface area contributed by atoms with E-state index in [-0.39, 0.29) is 0 Å². The van der Waals surface area contributed by atoms with Crippen molar-refractivity contribution < 1.29 is 0 Å². The van der Waals surface area contributed by atoms with Crippen LogP contribution in [0.25, 0.3) is 11.1 Å². The summed E-state index contributed by atoms with van der Waals surface area (Å²) < 4.78 is 0. The molecule has 0 atom stereocenters. The Hall–Kier alpha value is -0.860. The van der Waals surface area contributed by atoms with Crippen LogP contribution in [0.2, 0.25) is 0 Å². The predicted molar refractivity (Wildman–Crippen MR) is 71.1 cm³/mol. The van der Waals surface area contributed by atoms with Crippen LogP contribution in [0, 0.1) is 6.92 Å². The van der Waals surface area contributed by atoms with Crippen LogP contribution in [0.1, 0.15) is 5.56 Å². The molecule has 0 radical (unpaired) electrons. The molecule has 0 N–H and O–H groups in total. The molecule has 0 fully saturated rings. The fourth-order valence-corrected chi connectivity index (χ4v) is 2.26. The SMILES string of the molecule is Cc1ccccc1-c1ccc(S)cc1S. The van der Waals surface area contributed by atoms with Gasteiger partial charge in [-0.25, -0.2) is 0 Å². The zero-order valence-electron chi connectivity index (χ0n) is 8.44. The van der Waals surface area contributed by atoms with Crippen molar-refractivity contribution in [3.05, 3.63) is 48.0 Å². The topological polar surface area (TPSA) is 0 Å². The first-order valence-corrected chi connectivity index (χ1v) is 5.66. The minimum atomic E-state index is 0.942. The van der Waals surface area contributed by atoms with E-state index in [0.29, 0.717) is 0 Å². The largest absolute Gasteiger partial charge is 0.143 e. The lowest BCUT2D eigenvalue weighted by molar-refractivity contribution is 1.33. The maximum absolute atomic E-state index is 4.48. The minimum absolute atomic E-state index is 0.942. The predicted octanol–water partition coefficient (Wildman–Crippen LogP) is 4.24. The van der Waals surface area contributed by atoms with Crippen molar-refractivity contribution in [2.24, 2.45) is 0 Å². The summed E-state index contributed by atoms with van der Waals surface area (Å²) in [5, 5.41) is 0. The summed E-state index contributed by atoms with van der Waals surface area (Å²) in [5.74, 6) is 0. The molecular weight excluding hydrogens is 220 g/mol. The summed E-state index contributed by atoms with van der Waals surface area (Å²) in [6, 6.07) is 14.3. The first kappa shape index (κ1) is 10.7. The standard InChI is InChI=1S/C13H12S2/c1-9-4-2-3-5-11(9)12-7-6-10(14)8-13(12)15/h2-8,14-15H,1H3. The molecule has 0 saturated carbocycles. The summed E-state index contributed by atoms with van der Waals surface area (Å²) in [5.41, 5.74) is 3.66. The van der Waals surface area contributed by atoms with Gasteiger partial charge in [-0.3, -0.25) is 0 Å². The molecule has 0 amide bonds. The first-order chi connectivity index (χ1) is 7.18. The molecule has 2 rings (SSSR count). The van der Waals surface area contributed by atoms with E-state index < -0.39 is 0 Å². The molecule has 0 bridgehead atoms. The van der Waals surface area contributed by atoms with Gasteiger partial charge < -0.3 is 0 Å². The second-order valence-corrected chi connectivity index (χ2v) is 4.51. The van der Waals surface area contributed by atoms with E-state index >= 15 is 0 Å². The monoisotopic (exact) mass is 232 g/mol. The van der Waals surface area contributed by atoms with E-state index in [0.717, 1.165) is 15.4 Å². The third kappa shape index (κ3) is 2.21. The van der Waals surface area contributed by atoms with Gasteiger partial charge in [-0.1, -0.05) is 30.3 Å². The maximum Gasteiger partial charge on any atom is 0.0130 e. The number of benzene rings is 2. The summed E-state index contributed by atoms with van der Waals surface area (Å²) in [7, 11) is 0. The molecule has 76 valence electrons. The Morgan fingerprint density at radius 3 is 2.27 bits per heavy atom. The third-order valence-corrected chi connectivity index (χ3v) is 3.06. The molecule has 2 aromatic carbocycles. The molecule has 0 aliphatic rings. The van der Waals surface area contributed by atoms with E-state index in [1.165, 1.54) is 11.1 Å². The second-order valence-electron chi connectivity index (χ2n) is 3.52. The van der Waals surface area contributed by atoms with Crippen LogP contribution < -0.4 is 0 Å². The van der Waals surface area contributed by atoms with Crippen molar-refractivity contribution in [2.45, 2.75) is 16.7 Å². The molecule has 2 heteroatoms. The number of thiol groups is 2. The van der Waals surface area contributed by atoms with Gasteiger partial charge in [-0.15, -0.1) is 25.3 Å². The normalized spacial score (nSPS) is 10.3. The van der Waals surface area contributed by atoms with Crippen molar-refractivity contribution in [2.75, 3.05) is 0 Å².